The van der Waals surface area contributed by atoms with Crippen LogP contribution in [-0.2, 0) is 9.59 Å². The van der Waals surface area contributed by atoms with E-state index in [0.717, 1.165) is 44.3 Å². The zero-order valence-corrected chi connectivity index (χ0v) is 18.3. The smallest absolute Gasteiger partial charge is 0.308 e. The average molecular weight is 419 g/mol. The van der Waals surface area contributed by atoms with Crippen molar-refractivity contribution in [1.82, 2.24) is 9.80 Å². The van der Waals surface area contributed by atoms with Crippen molar-refractivity contribution in [3.05, 3.63) is 23.8 Å². The lowest BCUT2D eigenvalue weighted by Crippen LogP contribution is -2.43. The second-order valence-electron chi connectivity index (χ2n) is 8.34. The Labute approximate surface area is 178 Å². The lowest BCUT2D eigenvalue weighted by atomic mass is 9.85. The Bertz CT molecular complexity index is 745. The summed E-state index contributed by atoms with van der Waals surface area (Å²) in [6, 6.07) is 5.42. The Balaban J connectivity index is 1.74. The van der Waals surface area contributed by atoms with Gasteiger partial charge in [-0.25, -0.2) is 0 Å². The fourth-order valence-electron chi connectivity index (χ4n) is 4.47. The number of likely N-dealkylation sites (tertiary alicyclic amines) is 1. The van der Waals surface area contributed by atoms with E-state index in [1.807, 2.05) is 34.9 Å². The number of hydrogen-bond donors (Lipinski definition) is 1. The SMILES string of the molecule is CCCCN(CCCC)C(=O)CN1C[C@H](c2ccc3c(c2)OCO3)[C@@H](C(=O)O)[C@@H]1C. The maximum Gasteiger partial charge on any atom is 0.308 e. The highest BCUT2D eigenvalue weighted by Crippen LogP contribution is 2.41. The molecular weight excluding hydrogens is 384 g/mol. The van der Waals surface area contributed by atoms with E-state index in [-0.39, 0.29) is 31.2 Å². The van der Waals surface area contributed by atoms with E-state index in [4.69, 9.17) is 9.47 Å². The van der Waals surface area contributed by atoms with E-state index in [0.29, 0.717) is 18.0 Å². The first-order valence-electron chi connectivity index (χ1n) is 11.1. The number of carbonyl (C=O) groups excluding carboxylic acids is 1. The number of rotatable bonds is 10. The third-order valence-electron chi connectivity index (χ3n) is 6.32. The minimum atomic E-state index is -0.825. The molecule has 1 saturated heterocycles. The number of hydrogen-bond acceptors (Lipinski definition) is 5. The predicted molar refractivity (Wildman–Crippen MR) is 114 cm³/mol. The summed E-state index contributed by atoms with van der Waals surface area (Å²) in [5.74, 6) is -0.152. The molecule has 3 rings (SSSR count). The summed E-state index contributed by atoms with van der Waals surface area (Å²) < 4.78 is 10.9. The number of nitrogens with zero attached hydrogens (tertiary/aromatic N) is 2. The summed E-state index contributed by atoms with van der Waals surface area (Å²) in [5.41, 5.74) is 0.919. The molecule has 166 valence electrons. The molecular formula is C23H34N2O5. The van der Waals surface area contributed by atoms with Crippen LogP contribution >= 0.6 is 0 Å². The Morgan fingerprint density at radius 1 is 1.13 bits per heavy atom. The molecule has 2 aliphatic heterocycles. The molecule has 0 radical (unpaired) electrons. The molecule has 1 amide bonds. The molecule has 30 heavy (non-hydrogen) atoms. The summed E-state index contributed by atoms with van der Waals surface area (Å²) in [6.45, 7) is 8.70. The van der Waals surface area contributed by atoms with Crippen LogP contribution in [0.2, 0.25) is 0 Å². The first kappa shape index (κ1) is 22.4. The van der Waals surface area contributed by atoms with Gasteiger partial charge in [0, 0.05) is 31.6 Å². The fraction of sp³-hybridized carbons (Fsp3) is 0.652. The van der Waals surface area contributed by atoms with Crippen LogP contribution in [-0.4, -0.2) is 65.8 Å². The van der Waals surface area contributed by atoms with Crippen LogP contribution in [0.1, 0.15) is 57.9 Å². The Morgan fingerprint density at radius 3 is 2.43 bits per heavy atom. The van der Waals surface area contributed by atoms with Crippen LogP contribution < -0.4 is 9.47 Å². The Hall–Kier alpha value is -2.28. The molecule has 1 fully saturated rings. The lowest BCUT2D eigenvalue weighted by Gasteiger charge is -2.27. The number of fused-ring (bicyclic) bond motifs is 1. The van der Waals surface area contributed by atoms with Crippen molar-refractivity contribution in [2.45, 2.75) is 58.4 Å². The number of unbranched alkanes of at least 4 members (excludes halogenated alkanes) is 2. The highest BCUT2D eigenvalue weighted by Gasteiger charge is 2.45. The van der Waals surface area contributed by atoms with Crippen molar-refractivity contribution in [3.63, 3.8) is 0 Å². The number of carboxylic acids is 1. The van der Waals surface area contributed by atoms with E-state index < -0.39 is 11.9 Å². The van der Waals surface area contributed by atoms with Crippen LogP contribution in [0.15, 0.2) is 18.2 Å². The van der Waals surface area contributed by atoms with Crippen LogP contribution in [0.4, 0.5) is 0 Å². The van der Waals surface area contributed by atoms with Gasteiger partial charge in [-0.3, -0.25) is 14.5 Å². The number of carbonyl (C=O) groups is 2. The standard InChI is InChI=1S/C23H34N2O5/c1-4-6-10-24(11-7-5-2)21(26)14-25-13-18(22(16(25)3)23(27)28)17-8-9-19-20(12-17)30-15-29-19/h8-9,12,16,18,22H,4-7,10-11,13-15H2,1-3H3,(H,27,28)/t16-,18+,22-/m0/s1. The fourth-order valence-corrected chi connectivity index (χ4v) is 4.47. The molecule has 3 atom stereocenters. The van der Waals surface area contributed by atoms with Gasteiger partial charge in [0.25, 0.3) is 0 Å². The van der Waals surface area contributed by atoms with Crippen LogP contribution in [0, 0.1) is 5.92 Å². The largest absolute Gasteiger partial charge is 0.481 e. The molecule has 0 spiro atoms. The summed E-state index contributed by atoms with van der Waals surface area (Å²) in [7, 11) is 0. The zero-order chi connectivity index (χ0) is 21.7. The molecule has 0 aliphatic carbocycles. The van der Waals surface area contributed by atoms with Crippen molar-refractivity contribution in [3.8, 4) is 11.5 Å². The van der Waals surface area contributed by atoms with E-state index >= 15 is 0 Å². The first-order valence-corrected chi connectivity index (χ1v) is 11.1. The molecule has 0 saturated carbocycles. The predicted octanol–water partition coefficient (Wildman–Crippen LogP) is 3.33. The zero-order valence-electron chi connectivity index (χ0n) is 18.3. The van der Waals surface area contributed by atoms with Gasteiger partial charge in [0.15, 0.2) is 11.5 Å². The van der Waals surface area contributed by atoms with Gasteiger partial charge in [-0.15, -0.1) is 0 Å². The molecule has 1 N–H and O–H groups in total. The van der Waals surface area contributed by atoms with Crippen molar-refractivity contribution in [2.24, 2.45) is 5.92 Å². The molecule has 7 nitrogen and oxygen atoms in total. The molecule has 1 aromatic rings. The number of aliphatic carboxylic acids is 1. The molecule has 7 heteroatoms. The molecule has 2 heterocycles. The molecule has 0 unspecified atom stereocenters. The number of amides is 1. The quantitative estimate of drug-likeness (QED) is 0.628. The van der Waals surface area contributed by atoms with Gasteiger partial charge in [0.1, 0.15) is 0 Å². The van der Waals surface area contributed by atoms with E-state index in [1.165, 1.54) is 0 Å². The first-order chi connectivity index (χ1) is 14.5. The molecule has 0 aromatic heterocycles. The topological polar surface area (TPSA) is 79.3 Å². The van der Waals surface area contributed by atoms with Crippen molar-refractivity contribution in [2.75, 3.05) is 33.0 Å². The third kappa shape index (κ3) is 4.89. The third-order valence-corrected chi connectivity index (χ3v) is 6.32. The van der Waals surface area contributed by atoms with Gasteiger partial charge in [0.05, 0.1) is 12.5 Å². The Morgan fingerprint density at radius 2 is 1.80 bits per heavy atom. The summed E-state index contributed by atoms with van der Waals surface area (Å²) in [4.78, 5) is 29.1. The number of benzene rings is 1. The van der Waals surface area contributed by atoms with Gasteiger partial charge in [0.2, 0.25) is 12.7 Å². The molecule has 0 bridgehead atoms. The summed E-state index contributed by atoms with van der Waals surface area (Å²) in [6.07, 6.45) is 4.07. The molecule has 2 aliphatic rings. The van der Waals surface area contributed by atoms with Gasteiger partial charge in [-0.2, -0.15) is 0 Å². The number of ether oxygens (including phenoxy) is 2. The van der Waals surface area contributed by atoms with E-state index in [9.17, 15) is 14.7 Å². The number of carboxylic acid groups (broad SMARTS) is 1. The maximum atomic E-state index is 13.0. The van der Waals surface area contributed by atoms with Crippen molar-refractivity contribution >= 4 is 11.9 Å². The average Bonchev–Trinajstić information content (AvgIpc) is 3.32. The Kier molecular flexibility index (Phi) is 7.58. The van der Waals surface area contributed by atoms with Gasteiger partial charge >= 0.3 is 5.97 Å². The van der Waals surface area contributed by atoms with Gasteiger partial charge in [-0.1, -0.05) is 32.8 Å². The van der Waals surface area contributed by atoms with Crippen LogP contribution in [0.5, 0.6) is 11.5 Å². The highest BCUT2D eigenvalue weighted by atomic mass is 16.7. The highest BCUT2D eigenvalue weighted by molar-refractivity contribution is 5.79. The second kappa shape index (κ2) is 10.2. The van der Waals surface area contributed by atoms with Gasteiger partial charge in [-0.05, 0) is 37.5 Å². The van der Waals surface area contributed by atoms with Crippen LogP contribution in [0.3, 0.4) is 0 Å². The minimum absolute atomic E-state index is 0.0965. The summed E-state index contributed by atoms with van der Waals surface area (Å²) in [5, 5.41) is 9.92. The molecule has 1 aromatic carbocycles. The van der Waals surface area contributed by atoms with E-state index in [2.05, 4.69) is 13.8 Å². The second-order valence-corrected chi connectivity index (χ2v) is 8.34. The monoisotopic (exact) mass is 418 g/mol. The maximum absolute atomic E-state index is 13.0. The van der Waals surface area contributed by atoms with E-state index in [1.54, 1.807) is 0 Å². The summed E-state index contributed by atoms with van der Waals surface area (Å²) >= 11 is 0. The normalized spacial score (nSPS) is 23.0. The lowest BCUT2D eigenvalue weighted by molar-refractivity contribution is -0.143. The van der Waals surface area contributed by atoms with Crippen molar-refractivity contribution in [1.29, 1.82) is 0 Å². The van der Waals surface area contributed by atoms with Crippen LogP contribution in [0.25, 0.3) is 0 Å². The minimum Gasteiger partial charge on any atom is -0.481 e. The van der Waals surface area contributed by atoms with Crippen molar-refractivity contribution < 1.29 is 24.2 Å². The van der Waals surface area contributed by atoms with Gasteiger partial charge < -0.3 is 19.5 Å².